The molecule has 25 heavy (non-hydrogen) atoms. The summed E-state index contributed by atoms with van der Waals surface area (Å²) in [5.74, 6) is 0. The summed E-state index contributed by atoms with van der Waals surface area (Å²) in [5, 5.41) is 25.0. The van der Waals surface area contributed by atoms with Gasteiger partial charge in [-0.1, -0.05) is 60.7 Å². The fourth-order valence-corrected chi connectivity index (χ4v) is 2.76. The van der Waals surface area contributed by atoms with E-state index in [1.165, 1.54) is 5.56 Å². The lowest BCUT2D eigenvalue weighted by molar-refractivity contribution is 0.118. The van der Waals surface area contributed by atoms with Crippen LogP contribution in [-0.4, -0.2) is 41.5 Å². The van der Waals surface area contributed by atoms with Gasteiger partial charge in [0.1, 0.15) is 0 Å². The Bertz CT molecular complexity index is 619. The van der Waals surface area contributed by atoms with Crippen LogP contribution in [0, 0.1) is 0 Å². The summed E-state index contributed by atoms with van der Waals surface area (Å²) in [7, 11) is 0. The van der Waals surface area contributed by atoms with Gasteiger partial charge >= 0.3 is 6.09 Å². The maximum atomic E-state index is 11.0. The third-order valence-corrected chi connectivity index (χ3v) is 4.09. The second kappa shape index (κ2) is 10.5. The number of hydrogen-bond donors (Lipinski definition) is 4. The maximum Gasteiger partial charge on any atom is 0.404 e. The van der Waals surface area contributed by atoms with Crippen molar-refractivity contribution in [3.8, 4) is 0 Å². The van der Waals surface area contributed by atoms with E-state index < -0.39 is 18.2 Å². The summed E-state index contributed by atoms with van der Waals surface area (Å²) in [4.78, 5) is 11.0. The van der Waals surface area contributed by atoms with Crippen molar-refractivity contribution in [3.05, 3.63) is 71.8 Å². The van der Waals surface area contributed by atoms with Gasteiger partial charge in [-0.05, 0) is 36.9 Å². The van der Waals surface area contributed by atoms with Crippen LogP contribution >= 0.6 is 0 Å². The molecule has 1 amide bonds. The van der Waals surface area contributed by atoms with E-state index in [4.69, 9.17) is 5.11 Å². The molecule has 2 aromatic rings. The largest absolute Gasteiger partial charge is 0.465 e. The highest BCUT2D eigenvalue weighted by molar-refractivity contribution is 5.65. The number of aliphatic hydroxyl groups is 1. The Morgan fingerprint density at radius 1 is 0.960 bits per heavy atom. The summed E-state index contributed by atoms with van der Waals surface area (Å²) >= 11 is 0. The quantitative estimate of drug-likeness (QED) is 0.500. The van der Waals surface area contributed by atoms with Gasteiger partial charge in [0, 0.05) is 6.54 Å². The summed E-state index contributed by atoms with van der Waals surface area (Å²) in [6.45, 7) is 1.13. The van der Waals surface area contributed by atoms with Crippen LogP contribution in [0.25, 0.3) is 0 Å². The molecule has 5 nitrogen and oxygen atoms in total. The van der Waals surface area contributed by atoms with Crippen molar-refractivity contribution in [3.63, 3.8) is 0 Å². The van der Waals surface area contributed by atoms with Crippen LogP contribution in [-0.2, 0) is 12.8 Å². The van der Waals surface area contributed by atoms with Crippen molar-refractivity contribution in [2.45, 2.75) is 31.4 Å². The molecule has 0 spiro atoms. The summed E-state index contributed by atoms with van der Waals surface area (Å²) < 4.78 is 0. The van der Waals surface area contributed by atoms with Crippen molar-refractivity contribution in [1.82, 2.24) is 10.6 Å². The Hall–Kier alpha value is -2.37. The van der Waals surface area contributed by atoms with Crippen LogP contribution in [0.4, 0.5) is 4.79 Å². The molecule has 0 unspecified atom stereocenters. The highest BCUT2D eigenvalue weighted by Gasteiger charge is 2.21. The molecule has 0 bridgehead atoms. The number of carboxylic acid groups (broad SMARTS) is 1. The first kappa shape index (κ1) is 19.0. The highest BCUT2D eigenvalue weighted by Crippen LogP contribution is 2.07. The molecule has 0 aliphatic carbocycles. The fraction of sp³-hybridized carbons (Fsp3) is 0.350. The number of rotatable bonds is 10. The molecule has 0 saturated heterocycles. The zero-order valence-corrected chi connectivity index (χ0v) is 14.3. The average Bonchev–Trinajstić information content (AvgIpc) is 2.62. The Morgan fingerprint density at radius 3 is 2.16 bits per heavy atom. The molecule has 0 fully saturated rings. The van der Waals surface area contributed by atoms with E-state index in [9.17, 15) is 9.90 Å². The topological polar surface area (TPSA) is 81.6 Å². The van der Waals surface area contributed by atoms with Gasteiger partial charge in [0.15, 0.2) is 0 Å². The first-order valence-corrected chi connectivity index (χ1v) is 8.61. The predicted molar refractivity (Wildman–Crippen MR) is 98.7 cm³/mol. The zero-order chi connectivity index (χ0) is 17.9. The number of carbonyl (C=O) groups is 1. The second-order valence-corrected chi connectivity index (χ2v) is 6.11. The van der Waals surface area contributed by atoms with Gasteiger partial charge in [0.2, 0.25) is 0 Å². The Balaban J connectivity index is 1.74. The minimum Gasteiger partial charge on any atom is -0.465 e. The van der Waals surface area contributed by atoms with Crippen molar-refractivity contribution in [2.75, 3.05) is 13.1 Å². The third kappa shape index (κ3) is 7.37. The first-order valence-electron chi connectivity index (χ1n) is 8.61. The Morgan fingerprint density at radius 2 is 1.56 bits per heavy atom. The molecule has 0 aromatic heterocycles. The number of benzene rings is 2. The molecule has 0 saturated carbocycles. The van der Waals surface area contributed by atoms with Gasteiger partial charge in [-0.25, -0.2) is 4.79 Å². The minimum atomic E-state index is -1.12. The van der Waals surface area contributed by atoms with Crippen molar-refractivity contribution in [2.24, 2.45) is 0 Å². The molecule has 0 heterocycles. The number of nitrogens with one attached hydrogen (secondary N) is 2. The van der Waals surface area contributed by atoms with E-state index in [0.717, 1.165) is 24.9 Å². The van der Waals surface area contributed by atoms with E-state index in [1.54, 1.807) is 0 Å². The molecule has 4 N–H and O–H groups in total. The summed E-state index contributed by atoms with van der Waals surface area (Å²) in [5.41, 5.74) is 2.28. The zero-order valence-electron chi connectivity index (χ0n) is 14.3. The van der Waals surface area contributed by atoms with E-state index >= 15 is 0 Å². The third-order valence-electron chi connectivity index (χ3n) is 4.09. The van der Waals surface area contributed by atoms with Crippen molar-refractivity contribution >= 4 is 6.09 Å². The van der Waals surface area contributed by atoms with Crippen LogP contribution < -0.4 is 10.6 Å². The van der Waals surface area contributed by atoms with E-state index in [2.05, 4.69) is 22.8 Å². The average molecular weight is 342 g/mol. The lowest BCUT2D eigenvalue weighted by atomic mass is 10.0. The molecule has 0 aliphatic heterocycles. The van der Waals surface area contributed by atoms with Gasteiger partial charge in [-0.2, -0.15) is 0 Å². The molecular weight excluding hydrogens is 316 g/mol. The van der Waals surface area contributed by atoms with Gasteiger partial charge in [-0.15, -0.1) is 0 Å². The molecule has 2 rings (SSSR count). The normalized spacial score (nSPS) is 13.2. The molecule has 134 valence electrons. The fourth-order valence-electron chi connectivity index (χ4n) is 2.76. The van der Waals surface area contributed by atoms with Crippen LogP contribution in [0.3, 0.4) is 0 Å². The van der Waals surface area contributed by atoms with Gasteiger partial charge in [-0.3, -0.25) is 0 Å². The van der Waals surface area contributed by atoms with Crippen LogP contribution in [0.2, 0.25) is 0 Å². The van der Waals surface area contributed by atoms with Crippen molar-refractivity contribution < 1.29 is 15.0 Å². The number of aryl methyl sites for hydroxylation is 1. The molecule has 5 heteroatoms. The van der Waals surface area contributed by atoms with Crippen LogP contribution in [0.5, 0.6) is 0 Å². The number of amides is 1. The summed E-state index contributed by atoms with van der Waals surface area (Å²) in [6.07, 6.45) is 0.495. The summed E-state index contributed by atoms with van der Waals surface area (Å²) in [6, 6.07) is 19.3. The molecular formula is C20H26N2O3. The van der Waals surface area contributed by atoms with Gasteiger partial charge < -0.3 is 20.8 Å². The van der Waals surface area contributed by atoms with E-state index in [-0.39, 0.29) is 0 Å². The van der Waals surface area contributed by atoms with E-state index in [0.29, 0.717) is 13.0 Å². The number of aliphatic hydroxyl groups excluding tert-OH is 1. The van der Waals surface area contributed by atoms with Crippen LogP contribution in [0.1, 0.15) is 17.5 Å². The first-order chi connectivity index (χ1) is 12.1. The molecule has 0 aliphatic rings. The minimum absolute atomic E-state index is 0.354. The van der Waals surface area contributed by atoms with Crippen LogP contribution in [0.15, 0.2) is 60.7 Å². The molecule has 2 atom stereocenters. The predicted octanol–water partition coefficient (Wildman–Crippen LogP) is 2.45. The number of hydrogen-bond acceptors (Lipinski definition) is 3. The Kier molecular flexibility index (Phi) is 7.95. The van der Waals surface area contributed by atoms with E-state index in [1.807, 2.05) is 48.5 Å². The highest BCUT2D eigenvalue weighted by atomic mass is 16.4. The lowest BCUT2D eigenvalue weighted by Crippen LogP contribution is -2.48. The van der Waals surface area contributed by atoms with Gasteiger partial charge in [0.25, 0.3) is 0 Å². The van der Waals surface area contributed by atoms with Crippen molar-refractivity contribution in [1.29, 1.82) is 0 Å². The second-order valence-electron chi connectivity index (χ2n) is 6.11. The smallest absolute Gasteiger partial charge is 0.404 e. The maximum absolute atomic E-state index is 11.0. The lowest BCUT2D eigenvalue weighted by Gasteiger charge is -2.23. The molecule has 2 aromatic carbocycles. The Labute approximate surface area is 148 Å². The molecule has 0 radical (unpaired) electrons. The standard InChI is InChI=1S/C20H26N2O3/c23-19(15-21-13-7-12-16-8-3-1-4-9-16)18(22-20(24)25)14-17-10-5-2-6-11-17/h1-6,8-11,18-19,21-23H,7,12-15H2,(H,24,25)/t18-,19-/m0/s1. The van der Waals surface area contributed by atoms with Gasteiger partial charge in [0.05, 0.1) is 12.1 Å². The SMILES string of the molecule is O=C(O)N[C@@H](Cc1ccccc1)[C@@H](O)CNCCCc1ccccc1. The monoisotopic (exact) mass is 342 g/mol.